The first-order valence-corrected chi connectivity index (χ1v) is 3.64. The van der Waals surface area contributed by atoms with Gasteiger partial charge >= 0.3 is 0 Å². The van der Waals surface area contributed by atoms with Gasteiger partial charge in [0, 0.05) is 6.92 Å². The fourth-order valence-electron chi connectivity index (χ4n) is 0.703. The molecular formula is C7H10N4O. The van der Waals surface area contributed by atoms with Crippen LogP contribution in [-0.2, 0) is 6.54 Å². The number of nitriles is 1. The van der Waals surface area contributed by atoms with E-state index in [9.17, 15) is 0 Å². The predicted octanol–water partition coefficient (Wildman–Crippen LogP) is 0.380. The first-order valence-electron chi connectivity index (χ1n) is 3.64. The third-order valence-electron chi connectivity index (χ3n) is 1.33. The van der Waals surface area contributed by atoms with E-state index in [2.05, 4.69) is 15.5 Å². The Bertz CT molecular complexity index is 288. The van der Waals surface area contributed by atoms with E-state index in [1.165, 1.54) is 0 Å². The zero-order chi connectivity index (χ0) is 8.97. The zero-order valence-electron chi connectivity index (χ0n) is 7.03. The Morgan fingerprint density at radius 1 is 1.75 bits per heavy atom. The number of hydrogen-bond acceptors (Lipinski definition) is 5. The Kier molecular flexibility index (Phi) is 2.77. The molecule has 0 saturated heterocycles. The molecule has 1 atom stereocenters. The second-order valence-electron chi connectivity index (χ2n) is 2.46. The fraction of sp³-hybridized carbons (Fsp3) is 0.571. The van der Waals surface area contributed by atoms with Crippen molar-refractivity contribution < 1.29 is 4.52 Å². The van der Waals surface area contributed by atoms with Crippen molar-refractivity contribution in [2.24, 2.45) is 0 Å². The van der Waals surface area contributed by atoms with E-state index in [1.807, 2.05) is 6.07 Å². The predicted molar refractivity (Wildman–Crippen MR) is 40.9 cm³/mol. The van der Waals surface area contributed by atoms with Crippen molar-refractivity contribution in [3.05, 3.63) is 11.7 Å². The van der Waals surface area contributed by atoms with Crippen LogP contribution in [0.2, 0.25) is 0 Å². The third kappa shape index (κ3) is 2.32. The van der Waals surface area contributed by atoms with E-state index in [1.54, 1.807) is 13.8 Å². The lowest BCUT2D eigenvalue weighted by Gasteiger charge is -2.00. The van der Waals surface area contributed by atoms with Crippen molar-refractivity contribution in [3.8, 4) is 6.07 Å². The number of nitrogens with one attached hydrogen (secondary N) is 1. The quantitative estimate of drug-likeness (QED) is 0.702. The summed E-state index contributed by atoms with van der Waals surface area (Å²) in [6.07, 6.45) is 0. The highest BCUT2D eigenvalue weighted by Gasteiger charge is 2.03. The van der Waals surface area contributed by atoms with Gasteiger partial charge in [0.2, 0.25) is 5.89 Å². The Hall–Kier alpha value is -1.41. The first kappa shape index (κ1) is 8.68. The smallest absolute Gasteiger partial charge is 0.223 e. The van der Waals surface area contributed by atoms with Gasteiger partial charge in [0.1, 0.15) is 0 Å². The molecule has 0 spiro atoms. The molecule has 1 aromatic rings. The van der Waals surface area contributed by atoms with Crippen molar-refractivity contribution in [3.63, 3.8) is 0 Å². The number of hydrogen-bond donors (Lipinski definition) is 1. The topological polar surface area (TPSA) is 74.7 Å². The Morgan fingerprint density at radius 2 is 2.50 bits per heavy atom. The van der Waals surface area contributed by atoms with Gasteiger partial charge in [-0.05, 0) is 6.92 Å². The molecule has 0 aromatic carbocycles. The number of aromatic nitrogens is 2. The van der Waals surface area contributed by atoms with Gasteiger partial charge in [0.15, 0.2) is 5.82 Å². The van der Waals surface area contributed by atoms with Crippen LogP contribution < -0.4 is 5.32 Å². The summed E-state index contributed by atoms with van der Waals surface area (Å²) in [6, 6.07) is 1.85. The van der Waals surface area contributed by atoms with Crippen LogP contribution in [0.15, 0.2) is 4.52 Å². The molecule has 5 heteroatoms. The van der Waals surface area contributed by atoms with Crippen molar-refractivity contribution in [2.75, 3.05) is 0 Å². The van der Waals surface area contributed by atoms with Crippen LogP contribution in [-0.4, -0.2) is 16.2 Å². The molecule has 0 aliphatic heterocycles. The lowest BCUT2D eigenvalue weighted by molar-refractivity contribution is 0.385. The summed E-state index contributed by atoms with van der Waals surface area (Å²) in [5.74, 6) is 1.12. The molecule has 0 fully saturated rings. The van der Waals surface area contributed by atoms with Gasteiger partial charge in [-0.15, -0.1) is 0 Å². The first-order chi connectivity index (χ1) is 5.72. The molecule has 1 aromatic heterocycles. The van der Waals surface area contributed by atoms with Crippen LogP contribution >= 0.6 is 0 Å². The van der Waals surface area contributed by atoms with Gasteiger partial charge in [-0.2, -0.15) is 10.2 Å². The van der Waals surface area contributed by atoms with E-state index in [-0.39, 0.29) is 6.04 Å². The van der Waals surface area contributed by atoms with Crippen LogP contribution in [0.5, 0.6) is 0 Å². The maximum absolute atomic E-state index is 8.44. The van der Waals surface area contributed by atoms with Gasteiger partial charge in [-0.1, -0.05) is 5.16 Å². The van der Waals surface area contributed by atoms with Crippen LogP contribution in [0, 0.1) is 18.3 Å². The maximum atomic E-state index is 8.44. The van der Waals surface area contributed by atoms with Crippen LogP contribution in [0.1, 0.15) is 18.6 Å². The number of rotatable bonds is 3. The Labute approximate surface area is 70.4 Å². The molecular weight excluding hydrogens is 156 g/mol. The van der Waals surface area contributed by atoms with Crippen molar-refractivity contribution >= 4 is 0 Å². The Morgan fingerprint density at radius 3 is 3.00 bits per heavy atom. The molecule has 1 heterocycles. The maximum Gasteiger partial charge on any atom is 0.223 e. The molecule has 0 radical (unpaired) electrons. The third-order valence-corrected chi connectivity index (χ3v) is 1.33. The molecule has 0 amide bonds. The molecule has 0 aliphatic carbocycles. The summed E-state index contributed by atoms with van der Waals surface area (Å²) in [6.45, 7) is 3.96. The van der Waals surface area contributed by atoms with Crippen LogP contribution in [0.4, 0.5) is 0 Å². The average molecular weight is 166 g/mol. The molecule has 1 unspecified atom stereocenters. The highest BCUT2D eigenvalue weighted by molar-refractivity contribution is 4.89. The molecule has 64 valence electrons. The SMILES string of the molecule is Cc1nc(CNC(C)C#N)no1. The molecule has 12 heavy (non-hydrogen) atoms. The Balaban J connectivity index is 2.39. The number of nitrogens with zero attached hydrogens (tertiary/aromatic N) is 3. The summed E-state index contributed by atoms with van der Waals surface area (Å²) in [7, 11) is 0. The highest BCUT2D eigenvalue weighted by atomic mass is 16.5. The summed E-state index contributed by atoms with van der Waals surface area (Å²) >= 11 is 0. The molecule has 1 N–H and O–H groups in total. The van der Waals surface area contributed by atoms with Crippen molar-refractivity contribution in [1.29, 1.82) is 5.26 Å². The summed E-state index contributed by atoms with van der Waals surface area (Å²) in [4.78, 5) is 3.97. The van der Waals surface area contributed by atoms with E-state index >= 15 is 0 Å². The van der Waals surface area contributed by atoms with Crippen molar-refractivity contribution in [1.82, 2.24) is 15.5 Å². The summed E-state index contributed by atoms with van der Waals surface area (Å²) < 4.78 is 4.75. The second-order valence-corrected chi connectivity index (χ2v) is 2.46. The second kappa shape index (κ2) is 3.83. The van der Waals surface area contributed by atoms with E-state index in [0.717, 1.165) is 0 Å². The molecule has 1 rings (SSSR count). The number of aryl methyl sites for hydroxylation is 1. The van der Waals surface area contributed by atoms with Gasteiger partial charge in [-0.3, -0.25) is 5.32 Å². The van der Waals surface area contributed by atoms with Crippen molar-refractivity contribution in [2.45, 2.75) is 26.4 Å². The molecule has 0 bridgehead atoms. The fourth-order valence-corrected chi connectivity index (χ4v) is 0.703. The largest absolute Gasteiger partial charge is 0.340 e. The van der Waals surface area contributed by atoms with E-state index < -0.39 is 0 Å². The van der Waals surface area contributed by atoms with E-state index in [0.29, 0.717) is 18.3 Å². The van der Waals surface area contributed by atoms with Gasteiger partial charge in [-0.25, -0.2) is 0 Å². The lowest BCUT2D eigenvalue weighted by Crippen LogP contribution is -2.24. The standard InChI is InChI=1S/C7H10N4O/c1-5(3-8)9-4-7-10-6(2)12-11-7/h5,9H,4H2,1-2H3. The van der Waals surface area contributed by atoms with Crippen LogP contribution in [0.3, 0.4) is 0 Å². The van der Waals surface area contributed by atoms with E-state index in [4.69, 9.17) is 9.78 Å². The molecule has 5 nitrogen and oxygen atoms in total. The molecule has 0 saturated carbocycles. The zero-order valence-corrected chi connectivity index (χ0v) is 7.03. The monoisotopic (exact) mass is 166 g/mol. The minimum absolute atomic E-state index is 0.191. The summed E-state index contributed by atoms with van der Waals surface area (Å²) in [5, 5.41) is 15.0. The lowest BCUT2D eigenvalue weighted by atomic mass is 10.4. The van der Waals surface area contributed by atoms with Gasteiger partial charge < -0.3 is 4.52 Å². The molecule has 0 aliphatic rings. The normalized spacial score (nSPS) is 12.4. The summed E-state index contributed by atoms with van der Waals surface area (Å²) in [5.41, 5.74) is 0. The van der Waals surface area contributed by atoms with Gasteiger partial charge in [0.05, 0.1) is 18.7 Å². The van der Waals surface area contributed by atoms with Crippen LogP contribution in [0.25, 0.3) is 0 Å². The average Bonchev–Trinajstić information content (AvgIpc) is 2.47. The van der Waals surface area contributed by atoms with Gasteiger partial charge in [0.25, 0.3) is 0 Å². The minimum Gasteiger partial charge on any atom is -0.340 e. The minimum atomic E-state index is -0.191. The highest BCUT2D eigenvalue weighted by Crippen LogP contribution is 1.94.